The molecule has 1 fully saturated rings. The molecule has 0 aliphatic carbocycles. The number of fused-ring (bicyclic) bond motifs is 1. The van der Waals surface area contributed by atoms with Crippen LogP contribution in [0.2, 0.25) is 5.02 Å². The second-order valence-electron chi connectivity index (χ2n) is 10.1. The van der Waals surface area contributed by atoms with Crippen LogP contribution < -0.4 is 15.5 Å². The molecule has 0 saturated carbocycles. The average Bonchev–Trinajstić information content (AvgIpc) is 2.90. The lowest BCUT2D eigenvalue weighted by Gasteiger charge is -2.42. The molecule has 0 radical (unpaired) electrons. The predicted octanol–water partition coefficient (Wildman–Crippen LogP) is 3.61. The van der Waals surface area contributed by atoms with Crippen molar-refractivity contribution in [2.75, 3.05) is 43.6 Å². The number of aromatic nitrogens is 3. The van der Waals surface area contributed by atoms with Crippen LogP contribution in [0.3, 0.4) is 0 Å². The summed E-state index contributed by atoms with van der Waals surface area (Å²) in [6, 6.07) is 6.76. The number of likely N-dealkylation sites (tertiary alicyclic amines) is 1. The van der Waals surface area contributed by atoms with Gasteiger partial charge < -0.3 is 20.3 Å². The molecule has 10 nitrogen and oxygen atoms in total. The Balaban J connectivity index is 1.45. The van der Waals surface area contributed by atoms with Gasteiger partial charge in [-0.3, -0.25) is 9.69 Å². The zero-order chi connectivity index (χ0) is 28.6. The summed E-state index contributed by atoms with van der Waals surface area (Å²) in [6.07, 6.45) is 2.72. The topological polar surface area (TPSA) is 113 Å². The van der Waals surface area contributed by atoms with Gasteiger partial charge in [0.2, 0.25) is 5.95 Å². The number of hydrogen-bond donors (Lipinski definition) is 2. The second kappa shape index (κ2) is 10.9. The molecule has 1 aromatic carbocycles. The number of urea groups is 1. The molecule has 0 spiro atoms. The van der Waals surface area contributed by atoms with Crippen LogP contribution in [-0.4, -0.2) is 77.2 Å². The van der Waals surface area contributed by atoms with Crippen molar-refractivity contribution in [2.24, 2.45) is 0 Å². The third-order valence-corrected chi connectivity index (χ3v) is 7.38. The molecule has 13 heteroatoms. The number of anilines is 2. The van der Waals surface area contributed by atoms with Crippen molar-refractivity contribution in [3.8, 4) is 0 Å². The van der Waals surface area contributed by atoms with E-state index >= 15 is 4.39 Å². The Labute approximate surface area is 234 Å². The van der Waals surface area contributed by atoms with Gasteiger partial charge in [0, 0.05) is 44.7 Å². The van der Waals surface area contributed by atoms with E-state index in [1.807, 2.05) is 6.92 Å². The predicted molar refractivity (Wildman–Crippen MR) is 145 cm³/mol. The van der Waals surface area contributed by atoms with E-state index < -0.39 is 23.0 Å². The van der Waals surface area contributed by atoms with Gasteiger partial charge in [0.15, 0.2) is 11.6 Å². The number of nitrogens with one attached hydrogen (secondary N) is 2. The van der Waals surface area contributed by atoms with Gasteiger partial charge >= 0.3 is 6.03 Å². The Morgan fingerprint density at radius 1 is 1.25 bits per heavy atom. The van der Waals surface area contributed by atoms with Crippen LogP contribution in [0.5, 0.6) is 0 Å². The van der Waals surface area contributed by atoms with Crippen molar-refractivity contribution in [1.82, 2.24) is 25.2 Å². The Morgan fingerprint density at radius 3 is 2.75 bits per heavy atom. The molecule has 3 amide bonds. The molecule has 2 aliphatic heterocycles. The lowest BCUT2D eigenvalue weighted by atomic mass is 9.74. The van der Waals surface area contributed by atoms with E-state index in [-0.39, 0.29) is 58.3 Å². The second-order valence-corrected chi connectivity index (χ2v) is 10.5. The minimum absolute atomic E-state index is 0.0884. The molecular formula is C27H28ClF2N7O3. The number of halogens is 3. The minimum atomic E-state index is -1.23. The molecule has 0 bridgehead atoms. The lowest BCUT2D eigenvalue weighted by Crippen LogP contribution is -2.60. The molecule has 210 valence electrons. The largest absolute Gasteiger partial charge is 0.383 e. The van der Waals surface area contributed by atoms with Gasteiger partial charge in [-0.1, -0.05) is 23.7 Å². The van der Waals surface area contributed by atoms with Crippen LogP contribution >= 0.6 is 11.6 Å². The van der Waals surface area contributed by atoms with Crippen molar-refractivity contribution in [3.63, 3.8) is 0 Å². The van der Waals surface area contributed by atoms with E-state index in [1.54, 1.807) is 31.1 Å². The van der Waals surface area contributed by atoms with E-state index in [0.717, 1.165) is 0 Å². The fraction of sp³-hybridized carbons (Fsp3) is 0.370. The minimum Gasteiger partial charge on any atom is -0.383 e. The highest BCUT2D eigenvalue weighted by atomic mass is 35.5. The van der Waals surface area contributed by atoms with E-state index in [1.165, 1.54) is 35.5 Å². The summed E-state index contributed by atoms with van der Waals surface area (Å²) in [6.45, 7) is 4.66. The summed E-state index contributed by atoms with van der Waals surface area (Å²) in [5.74, 6) is -1.87. The molecular weight excluding hydrogens is 544 g/mol. The number of amides is 3. The summed E-state index contributed by atoms with van der Waals surface area (Å²) in [4.78, 5) is 41.8. The summed E-state index contributed by atoms with van der Waals surface area (Å²) in [7, 11) is 1.57. The standard InChI is InChI=1S/C27H28ClF2N7O3/c1-15(13-40-3)33-26(39)36-11-16(12-36)34-25-32-10-17-22(35-25)27(2,18-6-4-7-19(28)21(18)30)14-37(24(17)38)23-20(29)8-5-9-31-23/h4-10,15-16H,11-14H2,1-3H3,(H,33,39)(H,32,34,35)/t15-,27-/m0/s1. The molecule has 4 heterocycles. The first-order chi connectivity index (χ1) is 19.1. The molecule has 2 atom stereocenters. The van der Waals surface area contributed by atoms with Gasteiger partial charge in [-0.2, -0.15) is 0 Å². The van der Waals surface area contributed by atoms with Crippen LogP contribution in [-0.2, 0) is 10.2 Å². The number of ether oxygens (including phenoxy) is 1. The third-order valence-electron chi connectivity index (χ3n) is 7.09. The van der Waals surface area contributed by atoms with Gasteiger partial charge in [-0.15, -0.1) is 0 Å². The Hall–Kier alpha value is -3.90. The zero-order valence-corrected chi connectivity index (χ0v) is 22.9. The summed E-state index contributed by atoms with van der Waals surface area (Å²) < 4.78 is 35.2. The summed E-state index contributed by atoms with van der Waals surface area (Å²) >= 11 is 6.13. The van der Waals surface area contributed by atoms with Gasteiger partial charge in [-0.05, 0) is 32.0 Å². The monoisotopic (exact) mass is 571 g/mol. The van der Waals surface area contributed by atoms with Crippen LogP contribution in [0, 0.1) is 11.6 Å². The van der Waals surface area contributed by atoms with Gasteiger partial charge in [0.05, 0.1) is 40.4 Å². The zero-order valence-electron chi connectivity index (χ0n) is 22.1. The highest BCUT2D eigenvalue weighted by molar-refractivity contribution is 6.30. The van der Waals surface area contributed by atoms with Gasteiger partial charge in [-0.25, -0.2) is 28.5 Å². The maximum Gasteiger partial charge on any atom is 0.317 e. The highest BCUT2D eigenvalue weighted by Crippen LogP contribution is 2.42. The number of carbonyl (C=O) groups is 2. The molecule has 1 saturated heterocycles. The van der Waals surface area contributed by atoms with Crippen molar-refractivity contribution in [2.45, 2.75) is 31.3 Å². The lowest BCUT2D eigenvalue weighted by molar-refractivity contribution is 0.0966. The van der Waals surface area contributed by atoms with Crippen molar-refractivity contribution in [3.05, 3.63) is 76.2 Å². The van der Waals surface area contributed by atoms with Crippen LogP contribution in [0.25, 0.3) is 0 Å². The van der Waals surface area contributed by atoms with Crippen molar-refractivity contribution in [1.29, 1.82) is 0 Å². The maximum atomic E-state index is 15.4. The van der Waals surface area contributed by atoms with E-state index in [2.05, 4.69) is 25.6 Å². The highest BCUT2D eigenvalue weighted by Gasteiger charge is 2.46. The molecule has 5 rings (SSSR count). The van der Waals surface area contributed by atoms with E-state index in [9.17, 15) is 14.0 Å². The first-order valence-electron chi connectivity index (χ1n) is 12.7. The van der Waals surface area contributed by atoms with Crippen LogP contribution in [0.1, 0.15) is 35.5 Å². The fourth-order valence-corrected chi connectivity index (χ4v) is 5.21. The number of rotatable bonds is 7. The quantitative estimate of drug-likeness (QED) is 0.445. The number of nitrogens with zero attached hydrogens (tertiary/aromatic N) is 5. The summed E-state index contributed by atoms with van der Waals surface area (Å²) in [5, 5.41) is 5.95. The van der Waals surface area contributed by atoms with Crippen molar-refractivity contribution >= 4 is 35.3 Å². The van der Waals surface area contributed by atoms with E-state index in [4.69, 9.17) is 16.3 Å². The smallest absolute Gasteiger partial charge is 0.317 e. The average molecular weight is 572 g/mol. The maximum absolute atomic E-state index is 15.4. The number of pyridine rings is 1. The fourth-order valence-electron chi connectivity index (χ4n) is 5.04. The number of hydrogen-bond acceptors (Lipinski definition) is 7. The normalized spacial score (nSPS) is 19.6. The third kappa shape index (κ3) is 5.04. The molecule has 0 unspecified atom stereocenters. The molecule has 2 aliphatic rings. The van der Waals surface area contributed by atoms with Crippen LogP contribution in [0.15, 0.2) is 42.7 Å². The Kier molecular flexibility index (Phi) is 7.56. The van der Waals surface area contributed by atoms with Gasteiger partial charge in [0.1, 0.15) is 5.82 Å². The first-order valence-corrected chi connectivity index (χ1v) is 13.1. The first kappa shape index (κ1) is 27.7. The van der Waals surface area contributed by atoms with Gasteiger partial charge in [0.25, 0.3) is 5.91 Å². The molecule has 40 heavy (non-hydrogen) atoms. The number of carbonyl (C=O) groups excluding carboxylic acids is 2. The SMILES string of the molecule is COC[C@H](C)NC(=O)N1CC(Nc2ncc3c(n2)[C@](C)(c2cccc(Cl)c2F)CN(c2ncccc2F)C3=O)C1. The number of benzene rings is 1. The van der Waals surface area contributed by atoms with E-state index in [0.29, 0.717) is 19.7 Å². The molecule has 2 aromatic heterocycles. The Morgan fingerprint density at radius 2 is 2.02 bits per heavy atom. The number of methoxy groups -OCH3 is 1. The summed E-state index contributed by atoms with van der Waals surface area (Å²) in [5.41, 5.74) is -0.683. The molecule has 3 aromatic rings. The van der Waals surface area contributed by atoms with Crippen molar-refractivity contribution < 1.29 is 23.1 Å². The van der Waals surface area contributed by atoms with Crippen LogP contribution in [0.4, 0.5) is 25.3 Å². The molecule has 2 N–H and O–H groups in total. The Bertz CT molecular complexity index is 1460.